The van der Waals surface area contributed by atoms with Gasteiger partial charge in [0, 0.05) is 25.5 Å². The molecule has 20 heavy (non-hydrogen) atoms. The van der Waals surface area contributed by atoms with Gasteiger partial charge < -0.3 is 15.0 Å². The molecule has 0 spiro atoms. The molecule has 2 heterocycles. The third-order valence-corrected chi connectivity index (χ3v) is 4.86. The van der Waals surface area contributed by atoms with Crippen molar-refractivity contribution in [3.8, 4) is 5.69 Å². The van der Waals surface area contributed by atoms with Crippen LogP contribution in [0.15, 0.2) is 36.0 Å². The molecule has 4 nitrogen and oxygen atoms in total. The Kier molecular flexibility index (Phi) is 3.63. The summed E-state index contributed by atoms with van der Waals surface area (Å²) < 4.78 is 1.95. The smallest absolute Gasteiger partial charge is 0.263 e. The minimum atomic E-state index is -0.0204. The van der Waals surface area contributed by atoms with Crippen LogP contribution in [0.5, 0.6) is 0 Å². The van der Waals surface area contributed by atoms with E-state index in [1.807, 2.05) is 40.5 Å². The summed E-state index contributed by atoms with van der Waals surface area (Å²) in [6.45, 7) is 0.860. The summed E-state index contributed by atoms with van der Waals surface area (Å²) in [6.07, 6.45) is 6.85. The molecule has 106 valence electrons. The van der Waals surface area contributed by atoms with E-state index in [-0.39, 0.29) is 17.9 Å². The quantitative estimate of drug-likeness (QED) is 0.858. The second kappa shape index (κ2) is 5.42. The summed E-state index contributed by atoms with van der Waals surface area (Å²) in [5.74, 6) is -0.0204. The summed E-state index contributed by atoms with van der Waals surface area (Å²) in [5, 5.41) is 14.0. The van der Waals surface area contributed by atoms with Crippen LogP contribution in [0.3, 0.4) is 0 Å². The number of aliphatic hydroxyl groups is 1. The van der Waals surface area contributed by atoms with Gasteiger partial charge in [-0.05, 0) is 48.3 Å². The minimum absolute atomic E-state index is 0.0204. The monoisotopic (exact) mass is 290 g/mol. The molecule has 5 heteroatoms. The van der Waals surface area contributed by atoms with E-state index in [4.69, 9.17) is 5.11 Å². The summed E-state index contributed by atoms with van der Waals surface area (Å²) in [4.78, 5) is 13.1. The number of nitrogens with one attached hydrogen (secondary N) is 1. The molecule has 0 radical (unpaired) electrons. The maximum atomic E-state index is 12.3. The van der Waals surface area contributed by atoms with Crippen molar-refractivity contribution >= 4 is 17.2 Å². The number of aromatic nitrogens is 1. The van der Waals surface area contributed by atoms with Crippen LogP contribution in [0.2, 0.25) is 0 Å². The standard InChI is InChI=1S/C15H18N2O2S/c18-9-6-15(4-5-15)11-16-14(19)13-12(3-10-20-13)17-7-1-2-8-17/h1-3,7-8,10,18H,4-6,9,11H2,(H,16,19). The van der Waals surface area contributed by atoms with Gasteiger partial charge in [0.2, 0.25) is 0 Å². The Morgan fingerprint density at radius 2 is 2.15 bits per heavy atom. The average Bonchev–Trinajstić information content (AvgIpc) is 2.88. The van der Waals surface area contributed by atoms with Gasteiger partial charge in [-0.15, -0.1) is 11.3 Å². The Morgan fingerprint density at radius 3 is 2.80 bits per heavy atom. The van der Waals surface area contributed by atoms with Gasteiger partial charge in [-0.3, -0.25) is 4.79 Å². The molecular formula is C15H18N2O2S. The summed E-state index contributed by atoms with van der Waals surface area (Å²) in [5.41, 5.74) is 1.07. The van der Waals surface area contributed by atoms with Crippen molar-refractivity contribution in [2.45, 2.75) is 19.3 Å². The second-order valence-corrected chi connectivity index (χ2v) is 6.30. The van der Waals surface area contributed by atoms with Crippen molar-refractivity contribution in [1.82, 2.24) is 9.88 Å². The minimum Gasteiger partial charge on any atom is -0.396 e. The summed E-state index contributed by atoms with van der Waals surface area (Å²) >= 11 is 1.46. The first kappa shape index (κ1) is 13.4. The SMILES string of the molecule is O=C(NCC1(CCO)CC1)c1sccc1-n1cccc1. The Hall–Kier alpha value is -1.59. The van der Waals surface area contributed by atoms with Crippen LogP contribution in [0, 0.1) is 5.41 Å². The van der Waals surface area contributed by atoms with Gasteiger partial charge in [-0.25, -0.2) is 0 Å². The molecule has 2 aromatic rings. The highest BCUT2D eigenvalue weighted by Crippen LogP contribution is 2.47. The van der Waals surface area contributed by atoms with E-state index in [0.717, 1.165) is 29.8 Å². The number of hydrogen-bond acceptors (Lipinski definition) is 3. The highest BCUT2D eigenvalue weighted by atomic mass is 32.1. The van der Waals surface area contributed by atoms with Crippen molar-refractivity contribution in [2.75, 3.05) is 13.2 Å². The lowest BCUT2D eigenvalue weighted by Crippen LogP contribution is -2.30. The molecule has 0 aromatic carbocycles. The topological polar surface area (TPSA) is 54.3 Å². The van der Waals surface area contributed by atoms with Gasteiger partial charge in [0.1, 0.15) is 4.88 Å². The van der Waals surface area contributed by atoms with Gasteiger partial charge in [-0.2, -0.15) is 0 Å². The molecule has 2 aromatic heterocycles. The van der Waals surface area contributed by atoms with Crippen LogP contribution in [-0.4, -0.2) is 28.7 Å². The fourth-order valence-electron chi connectivity index (χ4n) is 2.45. The van der Waals surface area contributed by atoms with Crippen molar-refractivity contribution < 1.29 is 9.90 Å². The van der Waals surface area contributed by atoms with Gasteiger partial charge in [-0.1, -0.05) is 0 Å². The molecule has 0 atom stereocenters. The molecule has 1 amide bonds. The molecule has 1 aliphatic carbocycles. The second-order valence-electron chi connectivity index (χ2n) is 5.38. The maximum absolute atomic E-state index is 12.3. The van der Waals surface area contributed by atoms with Gasteiger partial charge in [0.25, 0.3) is 5.91 Å². The van der Waals surface area contributed by atoms with Crippen LogP contribution >= 0.6 is 11.3 Å². The molecule has 1 saturated carbocycles. The van der Waals surface area contributed by atoms with Crippen LogP contribution in [0.4, 0.5) is 0 Å². The number of rotatable bonds is 6. The number of aliphatic hydroxyl groups excluding tert-OH is 1. The van der Waals surface area contributed by atoms with Crippen molar-refractivity contribution in [1.29, 1.82) is 0 Å². The zero-order valence-electron chi connectivity index (χ0n) is 11.2. The highest BCUT2D eigenvalue weighted by molar-refractivity contribution is 7.12. The molecule has 1 fully saturated rings. The van der Waals surface area contributed by atoms with E-state index >= 15 is 0 Å². The Morgan fingerprint density at radius 1 is 1.40 bits per heavy atom. The molecule has 0 unspecified atom stereocenters. The zero-order chi connectivity index (χ0) is 14.0. The summed E-state index contributed by atoms with van der Waals surface area (Å²) in [7, 11) is 0. The fourth-order valence-corrected chi connectivity index (χ4v) is 3.25. The molecule has 1 aliphatic rings. The van der Waals surface area contributed by atoms with Crippen molar-refractivity contribution in [3.63, 3.8) is 0 Å². The van der Waals surface area contributed by atoms with E-state index in [1.165, 1.54) is 11.3 Å². The van der Waals surface area contributed by atoms with Crippen molar-refractivity contribution in [3.05, 3.63) is 40.8 Å². The number of amides is 1. The van der Waals surface area contributed by atoms with Crippen molar-refractivity contribution in [2.24, 2.45) is 5.41 Å². The third-order valence-electron chi connectivity index (χ3n) is 3.96. The third kappa shape index (κ3) is 2.64. The van der Waals surface area contributed by atoms with Gasteiger partial charge in [0.15, 0.2) is 0 Å². The van der Waals surface area contributed by atoms with Crippen LogP contribution in [0.25, 0.3) is 5.69 Å². The van der Waals surface area contributed by atoms with Gasteiger partial charge >= 0.3 is 0 Å². The number of carbonyl (C=O) groups is 1. The molecule has 2 N–H and O–H groups in total. The predicted molar refractivity (Wildman–Crippen MR) is 79.3 cm³/mol. The summed E-state index contributed by atoms with van der Waals surface area (Å²) in [6, 6.07) is 5.85. The van der Waals surface area contributed by atoms with Crippen LogP contribution in [0.1, 0.15) is 28.9 Å². The Bertz CT molecular complexity index is 585. The lowest BCUT2D eigenvalue weighted by molar-refractivity contribution is 0.0945. The molecule has 0 saturated heterocycles. The lowest BCUT2D eigenvalue weighted by Gasteiger charge is -2.14. The van der Waals surface area contributed by atoms with Crippen LogP contribution < -0.4 is 5.32 Å². The first-order valence-electron chi connectivity index (χ1n) is 6.84. The van der Waals surface area contributed by atoms with E-state index < -0.39 is 0 Å². The largest absolute Gasteiger partial charge is 0.396 e. The number of hydrogen-bond donors (Lipinski definition) is 2. The van der Waals surface area contributed by atoms with E-state index in [9.17, 15) is 4.79 Å². The normalized spacial score (nSPS) is 16.1. The van der Waals surface area contributed by atoms with E-state index in [0.29, 0.717) is 6.54 Å². The number of carbonyl (C=O) groups excluding carboxylic acids is 1. The number of thiophene rings is 1. The lowest BCUT2D eigenvalue weighted by atomic mass is 10.0. The Labute approximate surface area is 122 Å². The van der Waals surface area contributed by atoms with Gasteiger partial charge in [0.05, 0.1) is 5.69 Å². The van der Waals surface area contributed by atoms with E-state index in [2.05, 4.69) is 5.32 Å². The molecule has 0 bridgehead atoms. The fraction of sp³-hybridized carbons (Fsp3) is 0.400. The first-order valence-corrected chi connectivity index (χ1v) is 7.72. The molecule has 0 aliphatic heterocycles. The highest BCUT2D eigenvalue weighted by Gasteiger charge is 2.42. The first-order chi connectivity index (χ1) is 9.74. The number of nitrogens with zero attached hydrogens (tertiary/aromatic N) is 1. The predicted octanol–water partition coefficient (Wildman–Crippen LogP) is 2.43. The van der Waals surface area contributed by atoms with E-state index in [1.54, 1.807) is 0 Å². The molecular weight excluding hydrogens is 272 g/mol. The molecule has 3 rings (SSSR count). The maximum Gasteiger partial charge on any atom is 0.263 e. The average molecular weight is 290 g/mol. The Balaban J connectivity index is 1.68. The van der Waals surface area contributed by atoms with Crippen LogP contribution in [-0.2, 0) is 0 Å². The zero-order valence-corrected chi connectivity index (χ0v) is 12.0.